The lowest BCUT2D eigenvalue weighted by Crippen LogP contribution is -2.27. The van der Waals surface area contributed by atoms with E-state index in [0.717, 1.165) is 17.7 Å². The van der Waals surface area contributed by atoms with Crippen LogP contribution in [-0.4, -0.2) is 7.05 Å². The van der Waals surface area contributed by atoms with Crippen molar-refractivity contribution in [3.63, 3.8) is 0 Å². The number of ether oxygens (including phenoxy) is 1. The summed E-state index contributed by atoms with van der Waals surface area (Å²) in [6.07, 6.45) is 0.803. The van der Waals surface area contributed by atoms with Gasteiger partial charge in [0.1, 0.15) is 17.7 Å². The van der Waals surface area contributed by atoms with Crippen molar-refractivity contribution in [2.75, 3.05) is 7.05 Å². The van der Waals surface area contributed by atoms with Crippen LogP contribution in [0.2, 0.25) is 0 Å². The fourth-order valence-corrected chi connectivity index (χ4v) is 3.01. The van der Waals surface area contributed by atoms with Crippen LogP contribution < -0.4 is 10.1 Å². The molecule has 0 bridgehead atoms. The van der Waals surface area contributed by atoms with Crippen LogP contribution in [-0.2, 0) is 0 Å². The van der Waals surface area contributed by atoms with Crippen LogP contribution in [0.4, 0.5) is 4.39 Å². The van der Waals surface area contributed by atoms with Crippen molar-refractivity contribution in [1.29, 1.82) is 0 Å². The van der Waals surface area contributed by atoms with Crippen molar-refractivity contribution in [2.24, 2.45) is 0 Å². The first-order chi connectivity index (χ1) is 10.1. The third-order valence-electron chi connectivity index (χ3n) is 4.20. The Balaban J connectivity index is 2.00. The van der Waals surface area contributed by atoms with Gasteiger partial charge in [0.2, 0.25) is 0 Å². The van der Waals surface area contributed by atoms with E-state index in [1.165, 1.54) is 22.8 Å². The summed E-state index contributed by atoms with van der Waals surface area (Å²) in [5.41, 5.74) is 4.57. The van der Waals surface area contributed by atoms with Gasteiger partial charge in [0.05, 0.1) is 0 Å². The van der Waals surface area contributed by atoms with E-state index in [4.69, 9.17) is 4.74 Å². The molecule has 2 unspecified atom stereocenters. The van der Waals surface area contributed by atoms with Crippen molar-refractivity contribution in [2.45, 2.75) is 32.4 Å². The summed E-state index contributed by atoms with van der Waals surface area (Å²) in [5.74, 6) is 0.552. The number of benzene rings is 2. The molecule has 0 fully saturated rings. The SMILES string of the molecule is CNC1CC(c2cc(C)ccc2C)Oc2ccc(F)cc21. The predicted octanol–water partition coefficient (Wildman–Crippen LogP) is 4.23. The molecular weight excluding hydrogens is 265 g/mol. The molecular formula is C18H20FNO. The minimum Gasteiger partial charge on any atom is -0.485 e. The van der Waals surface area contributed by atoms with Gasteiger partial charge in [0.25, 0.3) is 0 Å². The smallest absolute Gasteiger partial charge is 0.126 e. The lowest BCUT2D eigenvalue weighted by Gasteiger charge is -2.33. The van der Waals surface area contributed by atoms with Crippen LogP contribution in [0.15, 0.2) is 36.4 Å². The molecule has 0 aromatic heterocycles. The molecule has 0 radical (unpaired) electrons. The summed E-state index contributed by atoms with van der Waals surface area (Å²) in [7, 11) is 1.91. The summed E-state index contributed by atoms with van der Waals surface area (Å²) in [5, 5.41) is 3.27. The van der Waals surface area contributed by atoms with E-state index in [1.807, 2.05) is 7.05 Å². The Kier molecular flexibility index (Phi) is 3.68. The van der Waals surface area contributed by atoms with E-state index in [2.05, 4.69) is 37.4 Å². The Morgan fingerprint density at radius 3 is 2.67 bits per heavy atom. The molecule has 2 nitrogen and oxygen atoms in total. The van der Waals surface area contributed by atoms with Crippen molar-refractivity contribution < 1.29 is 9.13 Å². The topological polar surface area (TPSA) is 21.3 Å². The number of halogens is 1. The standard InChI is InChI=1S/C18H20FNO/c1-11-4-5-12(2)14(8-11)18-10-16(20-3)15-9-13(19)6-7-17(15)21-18/h4-9,16,18,20H,10H2,1-3H3. The Morgan fingerprint density at radius 1 is 1.10 bits per heavy atom. The molecule has 21 heavy (non-hydrogen) atoms. The van der Waals surface area contributed by atoms with Crippen LogP contribution in [0.1, 0.15) is 40.8 Å². The van der Waals surface area contributed by atoms with Crippen LogP contribution in [0.5, 0.6) is 5.75 Å². The van der Waals surface area contributed by atoms with Crippen LogP contribution in [0.25, 0.3) is 0 Å². The summed E-state index contributed by atoms with van der Waals surface area (Å²) in [6, 6.07) is 11.3. The molecule has 2 aromatic carbocycles. The maximum absolute atomic E-state index is 13.5. The maximum atomic E-state index is 13.5. The number of nitrogens with one attached hydrogen (secondary N) is 1. The lowest BCUT2D eigenvalue weighted by atomic mass is 9.90. The first-order valence-corrected chi connectivity index (χ1v) is 7.29. The Morgan fingerprint density at radius 2 is 1.90 bits per heavy atom. The molecule has 1 aliphatic rings. The predicted molar refractivity (Wildman–Crippen MR) is 82.1 cm³/mol. The molecule has 110 valence electrons. The molecule has 3 heteroatoms. The third-order valence-corrected chi connectivity index (χ3v) is 4.20. The Bertz CT molecular complexity index is 668. The summed E-state index contributed by atoms with van der Waals surface area (Å²) >= 11 is 0. The normalized spacial score (nSPS) is 20.8. The second-order valence-electron chi connectivity index (χ2n) is 5.73. The Hall–Kier alpha value is -1.87. The lowest BCUT2D eigenvalue weighted by molar-refractivity contribution is 0.153. The van der Waals surface area contributed by atoms with Gasteiger partial charge in [0.15, 0.2) is 0 Å². The molecule has 2 atom stereocenters. The molecule has 1 heterocycles. The minimum atomic E-state index is -0.220. The number of hydrogen-bond acceptors (Lipinski definition) is 2. The van der Waals surface area contributed by atoms with Gasteiger partial charge in [-0.05, 0) is 50.2 Å². The van der Waals surface area contributed by atoms with Gasteiger partial charge >= 0.3 is 0 Å². The van der Waals surface area contributed by atoms with E-state index < -0.39 is 0 Å². The van der Waals surface area contributed by atoms with Gasteiger partial charge in [-0.15, -0.1) is 0 Å². The average molecular weight is 285 g/mol. The molecule has 1 aliphatic heterocycles. The van der Waals surface area contributed by atoms with Crippen LogP contribution >= 0.6 is 0 Å². The van der Waals surface area contributed by atoms with Crippen molar-refractivity contribution in [1.82, 2.24) is 5.32 Å². The summed E-state index contributed by atoms with van der Waals surface area (Å²) in [4.78, 5) is 0. The Labute approximate surface area is 125 Å². The molecule has 3 rings (SSSR count). The first kappa shape index (κ1) is 14.1. The quantitative estimate of drug-likeness (QED) is 0.891. The monoisotopic (exact) mass is 285 g/mol. The van der Waals surface area contributed by atoms with Gasteiger partial charge in [-0.2, -0.15) is 0 Å². The summed E-state index contributed by atoms with van der Waals surface area (Å²) in [6.45, 7) is 4.19. The van der Waals surface area contributed by atoms with E-state index in [9.17, 15) is 4.39 Å². The number of rotatable bonds is 2. The van der Waals surface area contributed by atoms with E-state index >= 15 is 0 Å². The fourth-order valence-electron chi connectivity index (χ4n) is 3.01. The second-order valence-corrected chi connectivity index (χ2v) is 5.73. The van der Waals surface area contributed by atoms with E-state index in [-0.39, 0.29) is 18.0 Å². The number of aryl methyl sites for hydroxylation is 2. The highest BCUT2D eigenvalue weighted by Crippen LogP contribution is 2.41. The molecule has 0 aliphatic carbocycles. The summed E-state index contributed by atoms with van der Waals surface area (Å²) < 4.78 is 19.6. The highest BCUT2D eigenvalue weighted by atomic mass is 19.1. The third kappa shape index (κ3) is 2.66. The van der Waals surface area contributed by atoms with Crippen molar-refractivity contribution in [3.8, 4) is 5.75 Å². The van der Waals surface area contributed by atoms with Gasteiger partial charge in [-0.25, -0.2) is 4.39 Å². The largest absolute Gasteiger partial charge is 0.485 e. The first-order valence-electron chi connectivity index (χ1n) is 7.29. The van der Waals surface area contributed by atoms with Gasteiger partial charge < -0.3 is 10.1 Å². The van der Waals surface area contributed by atoms with Gasteiger partial charge in [0, 0.05) is 18.0 Å². The molecule has 2 aromatic rings. The second kappa shape index (κ2) is 5.49. The number of fused-ring (bicyclic) bond motifs is 1. The minimum absolute atomic E-state index is 0.000288. The highest BCUT2D eigenvalue weighted by molar-refractivity contribution is 5.41. The van der Waals surface area contributed by atoms with Crippen molar-refractivity contribution >= 4 is 0 Å². The molecule has 1 N–H and O–H groups in total. The average Bonchev–Trinajstić information content (AvgIpc) is 2.48. The molecule has 0 amide bonds. The zero-order chi connectivity index (χ0) is 15.0. The van der Waals surface area contributed by atoms with Crippen LogP contribution in [0.3, 0.4) is 0 Å². The zero-order valence-corrected chi connectivity index (χ0v) is 12.6. The highest BCUT2D eigenvalue weighted by Gasteiger charge is 2.29. The van der Waals surface area contributed by atoms with Crippen molar-refractivity contribution in [3.05, 3.63) is 64.5 Å². The zero-order valence-electron chi connectivity index (χ0n) is 12.6. The molecule has 0 spiro atoms. The van der Waals surface area contributed by atoms with E-state index in [1.54, 1.807) is 12.1 Å². The van der Waals surface area contributed by atoms with Crippen LogP contribution in [0, 0.1) is 19.7 Å². The molecule has 0 saturated heterocycles. The number of hydrogen-bond donors (Lipinski definition) is 1. The fraction of sp³-hybridized carbons (Fsp3) is 0.333. The maximum Gasteiger partial charge on any atom is 0.126 e. The molecule has 0 saturated carbocycles. The van der Waals surface area contributed by atoms with Gasteiger partial charge in [-0.3, -0.25) is 0 Å². The van der Waals surface area contributed by atoms with E-state index in [0.29, 0.717) is 0 Å². The van der Waals surface area contributed by atoms with Gasteiger partial charge in [-0.1, -0.05) is 23.8 Å².